The van der Waals surface area contributed by atoms with E-state index < -0.39 is 5.97 Å². The minimum absolute atomic E-state index is 0.203. The number of carbonyl (C=O) groups is 1. The van der Waals surface area contributed by atoms with E-state index in [0.717, 1.165) is 58.1 Å². The van der Waals surface area contributed by atoms with Gasteiger partial charge in [-0.3, -0.25) is 4.79 Å². The number of carboxylic acids is 1. The van der Waals surface area contributed by atoms with Crippen molar-refractivity contribution in [2.24, 2.45) is 0 Å². The highest BCUT2D eigenvalue weighted by Gasteiger charge is 2.17. The standard InChI is InChI=1S/C27H27NO5/c1-19-23(18-22-8-4-5-9-25(22)31-16-6-2-3-11-26(29)30)27(28-33-19)21-14-12-20(13-15-21)24-10-7-17-32-24/h4-5,7-10,12-15,17H,2-3,6,11,16,18H2,1H3,(H,29,30). The Morgan fingerprint density at radius 2 is 1.76 bits per heavy atom. The van der Waals surface area contributed by atoms with Crippen molar-refractivity contribution in [2.45, 2.75) is 39.0 Å². The van der Waals surface area contributed by atoms with Gasteiger partial charge in [0.1, 0.15) is 23.0 Å². The Hall–Kier alpha value is -3.80. The lowest BCUT2D eigenvalue weighted by atomic mass is 9.98. The first-order chi connectivity index (χ1) is 16.1. The number of para-hydroxylation sites is 1. The molecular formula is C27H27NO5. The fraction of sp³-hybridized carbons (Fsp3) is 0.259. The number of hydrogen-bond donors (Lipinski definition) is 1. The van der Waals surface area contributed by atoms with Crippen LogP contribution in [0, 0.1) is 6.92 Å². The van der Waals surface area contributed by atoms with Gasteiger partial charge in [0.25, 0.3) is 0 Å². The van der Waals surface area contributed by atoms with Gasteiger partial charge in [-0.05, 0) is 49.9 Å². The van der Waals surface area contributed by atoms with Crippen LogP contribution in [0.3, 0.4) is 0 Å². The van der Waals surface area contributed by atoms with Crippen LogP contribution < -0.4 is 4.74 Å². The first-order valence-electron chi connectivity index (χ1n) is 11.1. The molecule has 4 rings (SSSR count). The summed E-state index contributed by atoms with van der Waals surface area (Å²) in [6.07, 6.45) is 4.83. The van der Waals surface area contributed by atoms with Gasteiger partial charge in [-0.25, -0.2) is 0 Å². The van der Waals surface area contributed by atoms with Crippen LogP contribution in [0.1, 0.15) is 42.6 Å². The number of aryl methyl sites for hydroxylation is 1. The smallest absolute Gasteiger partial charge is 0.303 e. The van der Waals surface area contributed by atoms with Gasteiger partial charge in [-0.1, -0.05) is 47.6 Å². The fourth-order valence-electron chi connectivity index (χ4n) is 3.78. The first kappa shape index (κ1) is 22.4. The van der Waals surface area contributed by atoms with Gasteiger partial charge in [0.15, 0.2) is 0 Å². The Bertz CT molecular complexity index is 1180. The molecule has 4 aromatic rings. The second-order valence-electron chi connectivity index (χ2n) is 7.96. The Morgan fingerprint density at radius 1 is 0.970 bits per heavy atom. The van der Waals surface area contributed by atoms with Gasteiger partial charge in [-0.15, -0.1) is 0 Å². The highest BCUT2D eigenvalue weighted by atomic mass is 16.5. The summed E-state index contributed by atoms with van der Waals surface area (Å²) >= 11 is 0. The molecule has 0 fully saturated rings. The maximum absolute atomic E-state index is 10.6. The molecule has 6 heteroatoms. The lowest BCUT2D eigenvalue weighted by molar-refractivity contribution is -0.137. The molecule has 2 aromatic carbocycles. The summed E-state index contributed by atoms with van der Waals surface area (Å²) in [5, 5.41) is 13.1. The van der Waals surface area contributed by atoms with Crippen LogP contribution in [0.25, 0.3) is 22.6 Å². The average Bonchev–Trinajstić information content (AvgIpc) is 3.48. The number of nitrogens with zero attached hydrogens (tertiary/aromatic N) is 1. The maximum Gasteiger partial charge on any atom is 0.303 e. The number of benzene rings is 2. The number of furan rings is 1. The van der Waals surface area contributed by atoms with Crippen molar-refractivity contribution in [2.75, 3.05) is 6.61 Å². The van der Waals surface area contributed by atoms with Crippen molar-refractivity contribution >= 4 is 5.97 Å². The number of rotatable bonds is 11. The van der Waals surface area contributed by atoms with Crippen LogP contribution in [0.5, 0.6) is 5.75 Å². The molecule has 0 aliphatic carbocycles. The highest BCUT2D eigenvalue weighted by molar-refractivity contribution is 5.69. The van der Waals surface area contributed by atoms with Crippen LogP contribution >= 0.6 is 0 Å². The van der Waals surface area contributed by atoms with Crippen molar-refractivity contribution in [3.05, 3.63) is 83.8 Å². The first-order valence-corrected chi connectivity index (χ1v) is 11.1. The molecule has 0 aliphatic heterocycles. The largest absolute Gasteiger partial charge is 0.493 e. The Kier molecular flexibility index (Phi) is 7.25. The molecule has 0 saturated heterocycles. The molecule has 0 atom stereocenters. The zero-order valence-corrected chi connectivity index (χ0v) is 18.6. The Morgan fingerprint density at radius 3 is 2.52 bits per heavy atom. The zero-order chi connectivity index (χ0) is 23.0. The van der Waals surface area contributed by atoms with Crippen molar-refractivity contribution in [3.63, 3.8) is 0 Å². The van der Waals surface area contributed by atoms with Gasteiger partial charge in [0.2, 0.25) is 0 Å². The molecule has 0 bridgehead atoms. The lowest BCUT2D eigenvalue weighted by Gasteiger charge is -2.12. The van der Waals surface area contributed by atoms with E-state index in [1.807, 2.05) is 61.5 Å². The highest BCUT2D eigenvalue weighted by Crippen LogP contribution is 2.31. The summed E-state index contributed by atoms with van der Waals surface area (Å²) in [4.78, 5) is 10.6. The van der Waals surface area contributed by atoms with E-state index in [2.05, 4.69) is 11.2 Å². The molecule has 0 aliphatic rings. The molecular weight excluding hydrogens is 418 g/mol. The number of ether oxygens (including phenoxy) is 1. The van der Waals surface area contributed by atoms with Crippen LogP contribution in [0.15, 0.2) is 75.9 Å². The minimum atomic E-state index is -0.753. The molecule has 2 aromatic heterocycles. The van der Waals surface area contributed by atoms with E-state index in [0.29, 0.717) is 19.4 Å². The molecule has 33 heavy (non-hydrogen) atoms. The van der Waals surface area contributed by atoms with Crippen molar-refractivity contribution in [1.29, 1.82) is 0 Å². The summed E-state index contributed by atoms with van der Waals surface area (Å²) in [6, 6.07) is 19.9. The minimum Gasteiger partial charge on any atom is -0.493 e. The normalized spacial score (nSPS) is 10.9. The van der Waals surface area contributed by atoms with E-state index in [4.69, 9.17) is 18.8 Å². The number of unbranched alkanes of at least 4 members (excludes halogenated alkanes) is 2. The summed E-state index contributed by atoms with van der Waals surface area (Å²) in [5.74, 6) is 1.68. The molecule has 2 heterocycles. The number of hydrogen-bond acceptors (Lipinski definition) is 5. The summed E-state index contributed by atoms with van der Waals surface area (Å²) < 4.78 is 17.1. The van der Waals surface area contributed by atoms with Gasteiger partial charge < -0.3 is 18.8 Å². The van der Waals surface area contributed by atoms with E-state index >= 15 is 0 Å². The van der Waals surface area contributed by atoms with E-state index in [9.17, 15) is 4.79 Å². The lowest BCUT2D eigenvalue weighted by Crippen LogP contribution is -2.02. The van der Waals surface area contributed by atoms with Crippen LogP contribution in [0.2, 0.25) is 0 Å². The van der Waals surface area contributed by atoms with Gasteiger partial charge in [0, 0.05) is 29.5 Å². The molecule has 1 N–H and O–H groups in total. The van der Waals surface area contributed by atoms with Crippen molar-refractivity contribution in [3.8, 4) is 28.3 Å². The summed E-state index contributed by atoms with van der Waals surface area (Å²) in [5.41, 5.74) is 4.89. The SMILES string of the molecule is Cc1onc(-c2ccc(-c3ccco3)cc2)c1Cc1ccccc1OCCCCCC(=O)O. The van der Waals surface area contributed by atoms with Crippen LogP contribution in [-0.4, -0.2) is 22.8 Å². The van der Waals surface area contributed by atoms with Gasteiger partial charge in [0.05, 0.1) is 12.9 Å². The average molecular weight is 446 g/mol. The maximum atomic E-state index is 10.6. The summed E-state index contributed by atoms with van der Waals surface area (Å²) in [7, 11) is 0. The third-order valence-electron chi connectivity index (χ3n) is 5.58. The van der Waals surface area contributed by atoms with Gasteiger partial charge >= 0.3 is 5.97 Å². The molecule has 0 saturated carbocycles. The fourth-order valence-corrected chi connectivity index (χ4v) is 3.78. The molecule has 0 unspecified atom stereocenters. The predicted molar refractivity (Wildman–Crippen MR) is 125 cm³/mol. The number of aliphatic carboxylic acids is 1. The molecule has 6 nitrogen and oxygen atoms in total. The Balaban J connectivity index is 1.46. The molecule has 170 valence electrons. The van der Waals surface area contributed by atoms with E-state index in [1.165, 1.54) is 0 Å². The third-order valence-corrected chi connectivity index (χ3v) is 5.58. The molecule has 0 spiro atoms. The zero-order valence-electron chi connectivity index (χ0n) is 18.6. The van der Waals surface area contributed by atoms with Crippen molar-refractivity contribution in [1.82, 2.24) is 5.16 Å². The van der Waals surface area contributed by atoms with Gasteiger partial charge in [-0.2, -0.15) is 0 Å². The van der Waals surface area contributed by atoms with E-state index in [1.54, 1.807) is 6.26 Å². The topological polar surface area (TPSA) is 85.7 Å². The Labute approximate surface area is 192 Å². The monoisotopic (exact) mass is 445 g/mol. The van der Waals surface area contributed by atoms with Crippen molar-refractivity contribution < 1.29 is 23.6 Å². The second-order valence-corrected chi connectivity index (χ2v) is 7.96. The second kappa shape index (κ2) is 10.7. The third kappa shape index (κ3) is 5.71. The molecule has 0 amide bonds. The van der Waals surface area contributed by atoms with Crippen LogP contribution in [-0.2, 0) is 11.2 Å². The number of carboxylic acid groups (broad SMARTS) is 1. The molecule has 0 radical (unpaired) electrons. The van der Waals surface area contributed by atoms with Crippen LogP contribution in [0.4, 0.5) is 0 Å². The number of aromatic nitrogens is 1. The van der Waals surface area contributed by atoms with E-state index in [-0.39, 0.29) is 6.42 Å². The quantitative estimate of drug-likeness (QED) is 0.264. The predicted octanol–water partition coefficient (Wildman–Crippen LogP) is 6.52. The summed E-state index contributed by atoms with van der Waals surface area (Å²) in [6.45, 7) is 2.48.